The van der Waals surface area contributed by atoms with Gasteiger partial charge in [-0.2, -0.15) is 0 Å². The van der Waals surface area contributed by atoms with E-state index < -0.39 is 11.8 Å². The van der Waals surface area contributed by atoms with E-state index in [4.69, 9.17) is 19.3 Å². The smallest absolute Gasteiger partial charge is 0.307 e. The summed E-state index contributed by atoms with van der Waals surface area (Å²) < 4.78 is 30.9. The number of halogens is 1. The van der Waals surface area contributed by atoms with Crippen molar-refractivity contribution < 1.29 is 28.5 Å². The first-order valence-corrected chi connectivity index (χ1v) is 9.38. The molecule has 0 aliphatic heterocycles. The monoisotopic (exact) mass is 411 g/mol. The molecule has 1 N–H and O–H groups in total. The Bertz CT molecular complexity index is 1040. The summed E-state index contributed by atoms with van der Waals surface area (Å²) in [4.78, 5) is 15.0. The molecule has 3 rings (SSSR count). The van der Waals surface area contributed by atoms with Gasteiger partial charge in [-0.15, -0.1) is 0 Å². The maximum Gasteiger partial charge on any atom is 0.307 e. The van der Waals surface area contributed by atoms with Crippen molar-refractivity contribution in [3.63, 3.8) is 0 Å². The Labute approximate surface area is 173 Å². The first-order valence-electron chi connectivity index (χ1n) is 9.38. The Morgan fingerprint density at radius 3 is 2.57 bits per heavy atom. The van der Waals surface area contributed by atoms with Crippen LogP contribution in [0.3, 0.4) is 0 Å². The van der Waals surface area contributed by atoms with Gasteiger partial charge in [0, 0.05) is 11.8 Å². The summed E-state index contributed by atoms with van der Waals surface area (Å²) >= 11 is 0. The molecule has 0 unspecified atom stereocenters. The van der Waals surface area contributed by atoms with Gasteiger partial charge in [0.05, 0.1) is 26.3 Å². The van der Waals surface area contributed by atoms with Gasteiger partial charge in [-0.3, -0.25) is 9.78 Å². The summed E-state index contributed by atoms with van der Waals surface area (Å²) in [7, 11) is 1.59. The molecule has 0 bridgehead atoms. The Kier molecular flexibility index (Phi) is 6.85. The molecule has 30 heavy (non-hydrogen) atoms. The molecule has 156 valence electrons. The first-order chi connectivity index (χ1) is 14.5. The highest BCUT2D eigenvalue weighted by atomic mass is 19.1. The average molecular weight is 411 g/mol. The normalized spacial score (nSPS) is 10.5. The van der Waals surface area contributed by atoms with Gasteiger partial charge in [-0.05, 0) is 47.9 Å². The van der Waals surface area contributed by atoms with Crippen molar-refractivity contribution in [3.8, 4) is 28.4 Å². The van der Waals surface area contributed by atoms with E-state index in [1.807, 2.05) is 25.1 Å². The van der Waals surface area contributed by atoms with E-state index in [1.54, 1.807) is 31.6 Å². The number of hydrogen-bond donors (Lipinski definition) is 1. The lowest BCUT2D eigenvalue weighted by Crippen LogP contribution is -2.02. The van der Waals surface area contributed by atoms with Crippen LogP contribution in [0.15, 0.2) is 54.9 Å². The van der Waals surface area contributed by atoms with Gasteiger partial charge in [-0.1, -0.05) is 18.2 Å². The molecular formula is C23H22FNO5. The molecule has 0 saturated heterocycles. The van der Waals surface area contributed by atoms with Crippen molar-refractivity contribution >= 4 is 5.97 Å². The number of aliphatic carboxylic acids is 1. The molecule has 0 radical (unpaired) electrons. The first kappa shape index (κ1) is 21.1. The number of carboxylic acid groups (broad SMARTS) is 1. The third kappa shape index (κ3) is 5.26. The lowest BCUT2D eigenvalue weighted by atomic mass is 10.0. The fourth-order valence-electron chi connectivity index (χ4n) is 2.93. The van der Waals surface area contributed by atoms with Gasteiger partial charge in [0.25, 0.3) is 0 Å². The van der Waals surface area contributed by atoms with Crippen LogP contribution in [-0.2, 0) is 17.8 Å². The molecule has 0 atom stereocenters. The van der Waals surface area contributed by atoms with Crippen molar-refractivity contribution in [2.75, 3.05) is 13.7 Å². The van der Waals surface area contributed by atoms with Crippen molar-refractivity contribution in [3.05, 3.63) is 71.8 Å². The number of rotatable bonds is 9. The van der Waals surface area contributed by atoms with Crippen molar-refractivity contribution in [2.45, 2.75) is 20.0 Å². The molecule has 0 spiro atoms. The van der Waals surface area contributed by atoms with Crippen molar-refractivity contribution in [1.29, 1.82) is 0 Å². The second-order valence-corrected chi connectivity index (χ2v) is 6.49. The number of pyridine rings is 1. The lowest BCUT2D eigenvalue weighted by Gasteiger charge is -2.12. The van der Waals surface area contributed by atoms with E-state index in [1.165, 1.54) is 12.1 Å². The van der Waals surface area contributed by atoms with E-state index in [0.29, 0.717) is 41.6 Å². The van der Waals surface area contributed by atoms with Crippen LogP contribution >= 0.6 is 0 Å². The minimum Gasteiger partial charge on any atom is -0.493 e. The maximum absolute atomic E-state index is 14.2. The number of ether oxygens (including phenoxy) is 3. The zero-order valence-electron chi connectivity index (χ0n) is 16.7. The maximum atomic E-state index is 14.2. The van der Waals surface area contributed by atoms with E-state index in [0.717, 1.165) is 5.56 Å². The van der Waals surface area contributed by atoms with Crippen LogP contribution in [0.4, 0.5) is 4.39 Å². The van der Waals surface area contributed by atoms with Crippen LogP contribution < -0.4 is 14.2 Å². The molecule has 1 aromatic heterocycles. The molecule has 3 aromatic rings. The fourth-order valence-corrected chi connectivity index (χ4v) is 2.93. The zero-order valence-corrected chi connectivity index (χ0v) is 16.7. The summed E-state index contributed by atoms with van der Waals surface area (Å²) in [6.45, 7) is 2.71. The molecule has 0 aliphatic carbocycles. The van der Waals surface area contributed by atoms with Gasteiger partial charge < -0.3 is 19.3 Å². The minimum absolute atomic E-state index is 0.135. The van der Waals surface area contributed by atoms with Crippen molar-refractivity contribution in [2.24, 2.45) is 0 Å². The number of methoxy groups -OCH3 is 1. The van der Waals surface area contributed by atoms with Gasteiger partial charge >= 0.3 is 5.97 Å². The third-order valence-electron chi connectivity index (χ3n) is 4.37. The molecule has 2 aromatic carbocycles. The minimum atomic E-state index is -1.08. The van der Waals surface area contributed by atoms with E-state index >= 15 is 0 Å². The van der Waals surface area contributed by atoms with Gasteiger partial charge in [0.15, 0.2) is 11.5 Å². The van der Waals surface area contributed by atoms with Crippen molar-refractivity contribution in [1.82, 2.24) is 4.98 Å². The average Bonchev–Trinajstić information content (AvgIpc) is 2.74. The Morgan fingerprint density at radius 2 is 1.87 bits per heavy atom. The van der Waals surface area contributed by atoms with E-state index in [-0.39, 0.29) is 12.0 Å². The largest absolute Gasteiger partial charge is 0.493 e. The Hall–Kier alpha value is -3.61. The van der Waals surface area contributed by atoms with Crippen LogP contribution in [0.1, 0.15) is 18.1 Å². The summed E-state index contributed by atoms with van der Waals surface area (Å²) in [5.41, 5.74) is 2.28. The van der Waals surface area contributed by atoms with Crippen LogP contribution in [0.25, 0.3) is 11.1 Å². The third-order valence-corrected chi connectivity index (χ3v) is 4.37. The van der Waals surface area contributed by atoms with Crippen LogP contribution in [0.2, 0.25) is 0 Å². The molecule has 1 heterocycles. The van der Waals surface area contributed by atoms with Gasteiger partial charge in [-0.25, -0.2) is 4.39 Å². The number of carbonyl (C=O) groups is 1. The lowest BCUT2D eigenvalue weighted by molar-refractivity contribution is -0.136. The van der Waals surface area contributed by atoms with Crippen LogP contribution in [0, 0.1) is 5.82 Å². The van der Waals surface area contributed by atoms with Gasteiger partial charge in [0.1, 0.15) is 18.2 Å². The molecule has 6 nitrogen and oxygen atoms in total. The second kappa shape index (κ2) is 9.73. The molecule has 0 amide bonds. The molecule has 0 aliphatic rings. The highest BCUT2D eigenvalue weighted by Gasteiger charge is 2.10. The van der Waals surface area contributed by atoms with Crippen LogP contribution in [0.5, 0.6) is 17.2 Å². The molecule has 0 saturated carbocycles. The quantitative estimate of drug-likeness (QED) is 0.559. The standard InChI is InChI=1S/C23H22FNO5/c1-3-29-22-8-15(4-7-21(22)28-2)14-30-19-9-18(12-25-13-19)16-5-6-17(11-23(26)27)20(24)10-16/h4-10,12-13H,3,11,14H2,1-2H3,(H,26,27). The molecule has 7 heteroatoms. The zero-order chi connectivity index (χ0) is 21.5. The Balaban J connectivity index is 1.74. The molecule has 0 fully saturated rings. The summed E-state index contributed by atoms with van der Waals surface area (Å²) in [5.74, 6) is 0.173. The summed E-state index contributed by atoms with van der Waals surface area (Å²) in [6, 6.07) is 11.8. The highest BCUT2D eigenvalue weighted by molar-refractivity contribution is 5.71. The van der Waals surface area contributed by atoms with E-state index in [2.05, 4.69) is 4.98 Å². The SMILES string of the molecule is CCOc1cc(COc2cncc(-c3ccc(CC(=O)O)c(F)c3)c2)ccc1OC. The summed E-state index contributed by atoms with van der Waals surface area (Å²) in [6.07, 6.45) is 2.81. The number of aromatic nitrogens is 1. The predicted octanol–water partition coefficient (Wildman–Crippen LogP) is 4.50. The van der Waals surface area contributed by atoms with Gasteiger partial charge in [0.2, 0.25) is 0 Å². The number of hydrogen-bond acceptors (Lipinski definition) is 5. The number of carboxylic acids is 1. The Morgan fingerprint density at radius 1 is 1.03 bits per heavy atom. The number of nitrogens with zero attached hydrogens (tertiary/aromatic N) is 1. The number of benzene rings is 2. The van der Waals surface area contributed by atoms with E-state index in [9.17, 15) is 9.18 Å². The highest BCUT2D eigenvalue weighted by Crippen LogP contribution is 2.29. The molecular weight excluding hydrogens is 389 g/mol. The predicted molar refractivity (Wildman–Crippen MR) is 109 cm³/mol. The second-order valence-electron chi connectivity index (χ2n) is 6.49. The topological polar surface area (TPSA) is 77.9 Å². The van der Waals surface area contributed by atoms with Crippen LogP contribution in [-0.4, -0.2) is 29.8 Å². The fraction of sp³-hybridized carbons (Fsp3) is 0.217. The summed E-state index contributed by atoms with van der Waals surface area (Å²) in [5, 5.41) is 8.84.